The fourth-order valence-electron chi connectivity index (χ4n) is 1.28. The molecule has 94 valence electrons. The zero-order valence-corrected chi connectivity index (χ0v) is 10.8. The van der Waals surface area contributed by atoms with Crippen LogP contribution in [0.5, 0.6) is 0 Å². The van der Waals surface area contributed by atoms with Gasteiger partial charge in [-0.3, -0.25) is 0 Å². The molecule has 0 saturated heterocycles. The van der Waals surface area contributed by atoms with Gasteiger partial charge < -0.3 is 5.73 Å². The Kier molecular flexibility index (Phi) is 3.50. The van der Waals surface area contributed by atoms with Gasteiger partial charge in [-0.1, -0.05) is 11.8 Å². The summed E-state index contributed by atoms with van der Waals surface area (Å²) in [5, 5.41) is 5.76. The lowest BCUT2D eigenvalue weighted by molar-refractivity contribution is 0.597. The van der Waals surface area contributed by atoms with E-state index in [0.717, 1.165) is 0 Å². The zero-order valence-electron chi connectivity index (χ0n) is 9.15. The average molecular weight is 282 g/mol. The molecule has 0 amide bonds. The van der Waals surface area contributed by atoms with Gasteiger partial charge in [-0.25, -0.2) is 23.5 Å². The Morgan fingerprint density at radius 3 is 2.61 bits per heavy atom. The summed E-state index contributed by atoms with van der Waals surface area (Å²) in [5.41, 5.74) is 5.98. The molecule has 0 bridgehead atoms. The molecule has 18 heavy (non-hydrogen) atoms. The molecule has 2 aromatic rings. The molecule has 0 spiro atoms. The van der Waals surface area contributed by atoms with Crippen LogP contribution in [0.15, 0.2) is 51.6 Å². The standard InChI is InChI=1S/C10H10N4O2S2/c11-7-3-8(5-9(4-7)18(12,15)16)17-10-1-2-13-6-14-10/h1-6H,11H2,(H2,12,15,16). The van der Waals surface area contributed by atoms with Gasteiger partial charge in [-0.15, -0.1) is 0 Å². The van der Waals surface area contributed by atoms with Crippen LogP contribution >= 0.6 is 11.8 Å². The number of primary sulfonamides is 1. The van der Waals surface area contributed by atoms with Crippen molar-refractivity contribution in [3.63, 3.8) is 0 Å². The molecule has 0 aliphatic rings. The summed E-state index contributed by atoms with van der Waals surface area (Å²) in [6, 6.07) is 6.14. The van der Waals surface area contributed by atoms with E-state index in [1.807, 2.05) is 0 Å². The Labute approximate surface area is 108 Å². The molecule has 0 fully saturated rings. The molecular weight excluding hydrogens is 272 g/mol. The van der Waals surface area contributed by atoms with E-state index in [1.54, 1.807) is 18.3 Å². The van der Waals surface area contributed by atoms with Crippen LogP contribution in [0, 0.1) is 0 Å². The minimum Gasteiger partial charge on any atom is -0.399 e. The van der Waals surface area contributed by atoms with E-state index in [-0.39, 0.29) is 4.90 Å². The maximum atomic E-state index is 11.3. The summed E-state index contributed by atoms with van der Waals surface area (Å²) in [7, 11) is -3.77. The van der Waals surface area contributed by atoms with E-state index in [0.29, 0.717) is 15.6 Å². The Hall–Kier alpha value is -1.64. The van der Waals surface area contributed by atoms with E-state index in [4.69, 9.17) is 10.9 Å². The monoisotopic (exact) mass is 282 g/mol. The van der Waals surface area contributed by atoms with Crippen LogP contribution in [0.1, 0.15) is 0 Å². The van der Waals surface area contributed by atoms with Crippen LogP contribution in [0.2, 0.25) is 0 Å². The van der Waals surface area contributed by atoms with Gasteiger partial charge >= 0.3 is 0 Å². The number of nitrogens with zero attached hydrogens (tertiary/aromatic N) is 2. The first-order valence-electron chi connectivity index (χ1n) is 4.82. The summed E-state index contributed by atoms with van der Waals surface area (Å²) in [6.45, 7) is 0. The van der Waals surface area contributed by atoms with Crippen molar-refractivity contribution >= 4 is 27.5 Å². The molecule has 0 aliphatic heterocycles. The number of nitrogen functional groups attached to an aromatic ring is 1. The van der Waals surface area contributed by atoms with Crippen molar-refractivity contribution in [2.45, 2.75) is 14.8 Å². The third kappa shape index (κ3) is 3.19. The van der Waals surface area contributed by atoms with Gasteiger partial charge in [0.2, 0.25) is 10.0 Å². The van der Waals surface area contributed by atoms with Gasteiger partial charge in [0.15, 0.2) is 0 Å². The van der Waals surface area contributed by atoms with Crippen molar-refractivity contribution in [3.05, 3.63) is 36.8 Å². The summed E-state index contributed by atoms with van der Waals surface area (Å²) >= 11 is 1.28. The molecule has 1 aromatic heterocycles. The first kappa shape index (κ1) is 12.8. The Balaban J connectivity index is 2.38. The summed E-state index contributed by atoms with van der Waals surface area (Å²) in [4.78, 5) is 8.46. The third-order valence-electron chi connectivity index (χ3n) is 2.01. The van der Waals surface area contributed by atoms with Crippen LogP contribution in [-0.4, -0.2) is 18.4 Å². The summed E-state index contributed by atoms with van der Waals surface area (Å²) in [5.74, 6) is 0. The Morgan fingerprint density at radius 2 is 2.00 bits per heavy atom. The van der Waals surface area contributed by atoms with E-state index < -0.39 is 10.0 Å². The molecule has 0 atom stereocenters. The van der Waals surface area contributed by atoms with Crippen molar-refractivity contribution < 1.29 is 8.42 Å². The quantitative estimate of drug-likeness (QED) is 0.637. The second-order valence-corrected chi connectivity index (χ2v) is 6.09. The van der Waals surface area contributed by atoms with Crippen LogP contribution in [0.4, 0.5) is 5.69 Å². The molecule has 1 aromatic carbocycles. The zero-order chi connectivity index (χ0) is 13.2. The number of rotatable bonds is 3. The molecular formula is C10H10N4O2S2. The topological polar surface area (TPSA) is 112 Å². The lowest BCUT2D eigenvalue weighted by Crippen LogP contribution is -2.12. The first-order valence-corrected chi connectivity index (χ1v) is 7.19. The van der Waals surface area contributed by atoms with Crippen molar-refractivity contribution in [1.29, 1.82) is 0 Å². The molecule has 2 rings (SSSR count). The van der Waals surface area contributed by atoms with Crippen molar-refractivity contribution in [2.24, 2.45) is 5.14 Å². The fraction of sp³-hybridized carbons (Fsp3) is 0. The summed E-state index contributed by atoms with van der Waals surface area (Å²) in [6.07, 6.45) is 3.01. The normalized spacial score (nSPS) is 11.4. The smallest absolute Gasteiger partial charge is 0.238 e. The minimum absolute atomic E-state index is 0.0148. The second-order valence-electron chi connectivity index (χ2n) is 3.43. The molecule has 4 N–H and O–H groups in total. The third-order valence-corrected chi connectivity index (χ3v) is 3.82. The molecule has 8 heteroatoms. The second kappa shape index (κ2) is 4.92. The lowest BCUT2D eigenvalue weighted by atomic mass is 10.3. The van der Waals surface area contributed by atoms with Gasteiger partial charge in [0.25, 0.3) is 0 Å². The highest BCUT2D eigenvalue weighted by Crippen LogP contribution is 2.29. The molecule has 0 aliphatic carbocycles. The van der Waals surface area contributed by atoms with Gasteiger partial charge in [0.1, 0.15) is 11.4 Å². The number of aromatic nitrogens is 2. The van der Waals surface area contributed by atoms with Crippen molar-refractivity contribution in [3.8, 4) is 0 Å². The van der Waals surface area contributed by atoms with Crippen LogP contribution < -0.4 is 10.9 Å². The molecule has 0 radical (unpaired) electrons. The lowest BCUT2D eigenvalue weighted by Gasteiger charge is -2.05. The Bertz CT molecular complexity index is 659. The maximum absolute atomic E-state index is 11.3. The number of hydrogen-bond acceptors (Lipinski definition) is 6. The molecule has 0 saturated carbocycles. The largest absolute Gasteiger partial charge is 0.399 e. The van der Waals surface area contributed by atoms with E-state index >= 15 is 0 Å². The number of nitrogens with two attached hydrogens (primary N) is 2. The van der Waals surface area contributed by atoms with Gasteiger partial charge in [-0.05, 0) is 24.3 Å². The van der Waals surface area contributed by atoms with Crippen LogP contribution in [0.25, 0.3) is 0 Å². The first-order chi connectivity index (χ1) is 8.45. The average Bonchev–Trinajstić information content (AvgIpc) is 2.28. The van der Waals surface area contributed by atoms with E-state index in [9.17, 15) is 8.42 Å². The maximum Gasteiger partial charge on any atom is 0.238 e. The number of benzene rings is 1. The predicted molar refractivity (Wildman–Crippen MR) is 68.4 cm³/mol. The van der Waals surface area contributed by atoms with E-state index in [1.165, 1.54) is 30.2 Å². The van der Waals surface area contributed by atoms with Gasteiger partial charge in [0, 0.05) is 16.8 Å². The predicted octanol–water partition coefficient (Wildman–Crippen LogP) is 0.857. The molecule has 6 nitrogen and oxygen atoms in total. The van der Waals surface area contributed by atoms with Gasteiger partial charge in [-0.2, -0.15) is 0 Å². The SMILES string of the molecule is Nc1cc(Sc2ccncn2)cc(S(N)(=O)=O)c1. The Morgan fingerprint density at radius 1 is 1.22 bits per heavy atom. The number of sulfonamides is 1. The highest BCUT2D eigenvalue weighted by Gasteiger charge is 2.10. The molecule has 0 unspecified atom stereocenters. The van der Waals surface area contributed by atoms with Crippen LogP contribution in [0.3, 0.4) is 0 Å². The number of anilines is 1. The van der Waals surface area contributed by atoms with Crippen molar-refractivity contribution in [2.75, 3.05) is 5.73 Å². The minimum atomic E-state index is -3.77. The van der Waals surface area contributed by atoms with E-state index in [2.05, 4.69) is 9.97 Å². The van der Waals surface area contributed by atoms with Gasteiger partial charge in [0.05, 0.1) is 4.90 Å². The fourth-order valence-corrected chi connectivity index (χ4v) is 2.79. The highest BCUT2D eigenvalue weighted by molar-refractivity contribution is 7.99. The van der Waals surface area contributed by atoms with Crippen molar-refractivity contribution in [1.82, 2.24) is 9.97 Å². The number of hydrogen-bond donors (Lipinski definition) is 2. The highest BCUT2D eigenvalue weighted by atomic mass is 32.2. The molecule has 1 heterocycles. The summed E-state index contributed by atoms with van der Waals surface area (Å²) < 4.78 is 22.6. The van der Waals surface area contributed by atoms with Crippen LogP contribution in [-0.2, 0) is 10.0 Å².